The lowest BCUT2D eigenvalue weighted by Gasteiger charge is -2.22. The van der Waals surface area contributed by atoms with Crippen LogP contribution in [0, 0.1) is 0 Å². The summed E-state index contributed by atoms with van der Waals surface area (Å²) in [6.07, 6.45) is 6.34. The Kier molecular flexibility index (Phi) is 6.12. The highest BCUT2D eigenvalue weighted by atomic mass is 16.5. The largest absolute Gasteiger partial charge is 0.484 e. The van der Waals surface area contributed by atoms with E-state index in [1.165, 1.54) is 37.7 Å². The molecule has 1 aliphatic carbocycles. The van der Waals surface area contributed by atoms with Crippen LogP contribution >= 0.6 is 0 Å². The maximum atomic E-state index is 13.1. The van der Waals surface area contributed by atoms with E-state index >= 15 is 0 Å². The number of benzene rings is 3. The quantitative estimate of drug-likeness (QED) is 0.495. The van der Waals surface area contributed by atoms with Crippen LogP contribution in [0.4, 0.5) is 11.4 Å². The third-order valence-corrected chi connectivity index (χ3v) is 6.53. The number of para-hydroxylation sites is 1. The zero-order valence-corrected chi connectivity index (χ0v) is 18.8. The number of ether oxygens (including phenoxy) is 1. The number of amides is 3. The van der Waals surface area contributed by atoms with Crippen molar-refractivity contribution in [3.8, 4) is 5.75 Å². The third-order valence-electron chi connectivity index (χ3n) is 6.53. The topological polar surface area (TPSA) is 75.7 Å². The summed E-state index contributed by atoms with van der Waals surface area (Å²) in [5, 5.41) is 2.73. The Labute approximate surface area is 198 Å². The van der Waals surface area contributed by atoms with Gasteiger partial charge < -0.3 is 10.1 Å². The van der Waals surface area contributed by atoms with Gasteiger partial charge in [-0.1, -0.05) is 55.7 Å². The Morgan fingerprint density at radius 3 is 2.32 bits per heavy atom. The number of imide groups is 1. The van der Waals surface area contributed by atoms with E-state index in [-0.39, 0.29) is 17.7 Å². The van der Waals surface area contributed by atoms with E-state index in [4.69, 9.17) is 4.74 Å². The summed E-state index contributed by atoms with van der Waals surface area (Å²) in [6.45, 7) is -0.197. The molecule has 1 fully saturated rings. The second kappa shape index (κ2) is 9.51. The highest BCUT2D eigenvalue weighted by Gasteiger charge is 2.38. The number of hydrogen-bond donors (Lipinski definition) is 1. The molecular weight excluding hydrogens is 428 g/mol. The van der Waals surface area contributed by atoms with E-state index in [1.54, 1.807) is 42.5 Å². The molecule has 3 amide bonds. The Morgan fingerprint density at radius 1 is 0.853 bits per heavy atom. The molecule has 3 aromatic rings. The SMILES string of the molecule is O=C(COc1ccc(C2CCCCC2)cc1)Nc1cccc2c1C(=O)N(c1ccccc1)C2=O. The van der Waals surface area contributed by atoms with E-state index in [1.807, 2.05) is 18.2 Å². The Balaban J connectivity index is 1.24. The first-order chi connectivity index (χ1) is 16.6. The average molecular weight is 455 g/mol. The Bertz CT molecular complexity index is 1210. The van der Waals surface area contributed by atoms with Crippen LogP contribution in [0.15, 0.2) is 72.8 Å². The van der Waals surface area contributed by atoms with Gasteiger partial charge in [0.15, 0.2) is 6.61 Å². The lowest BCUT2D eigenvalue weighted by Crippen LogP contribution is -2.29. The maximum Gasteiger partial charge on any atom is 0.268 e. The first-order valence-electron chi connectivity index (χ1n) is 11.7. The molecule has 0 saturated heterocycles. The molecule has 6 nitrogen and oxygen atoms in total. The van der Waals surface area contributed by atoms with Crippen molar-refractivity contribution in [2.45, 2.75) is 38.0 Å². The standard InChI is InChI=1S/C28H26N2O4/c31-25(18-34-22-16-14-20(15-17-22)19-8-3-1-4-9-19)29-24-13-7-12-23-26(24)28(33)30(27(23)32)21-10-5-2-6-11-21/h2,5-7,10-17,19H,1,3-4,8-9,18H2,(H,29,31). The predicted molar refractivity (Wildman–Crippen MR) is 130 cm³/mol. The molecule has 0 radical (unpaired) electrons. The van der Waals surface area contributed by atoms with Crippen molar-refractivity contribution in [2.24, 2.45) is 0 Å². The zero-order valence-electron chi connectivity index (χ0n) is 18.8. The molecule has 5 rings (SSSR count). The molecule has 0 spiro atoms. The first kappa shape index (κ1) is 21.9. The molecule has 172 valence electrons. The normalized spacial score (nSPS) is 15.8. The van der Waals surface area contributed by atoms with Gasteiger partial charge in [-0.15, -0.1) is 0 Å². The first-order valence-corrected chi connectivity index (χ1v) is 11.7. The summed E-state index contributed by atoms with van der Waals surface area (Å²) in [5.41, 5.74) is 2.58. The number of nitrogens with one attached hydrogen (secondary N) is 1. The summed E-state index contributed by atoms with van der Waals surface area (Å²) >= 11 is 0. The molecule has 1 heterocycles. The summed E-state index contributed by atoms with van der Waals surface area (Å²) < 4.78 is 5.67. The van der Waals surface area contributed by atoms with Crippen LogP contribution in [0.2, 0.25) is 0 Å². The fourth-order valence-electron chi connectivity index (χ4n) is 4.81. The molecule has 3 aromatic carbocycles. The molecule has 6 heteroatoms. The van der Waals surface area contributed by atoms with Gasteiger partial charge in [0.05, 0.1) is 22.5 Å². The smallest absolute Gasteiger partial charge is 0.268 e. The molecular formula is C28H26N2O4. The van der Waals surface area contributed by atoms with Crippen LogP contribution in [-0.4, -0.2) is 24.3 Å². The van der Waals surface area contributed by atoms with Crippen molar-refractivity contribution in [3.05, 3.63) is 89.5 Å². The summed E-state index contributed by atoms with van der Waals surface area (Å²) in [4.78, 5) is 39.7. The molecule has 1 aliphatic heterocycles. The van der Waals surface area contributed by atoms with E-state index in [0.717, 1.165) is 4.90 Å². The maximum absolute atomic E-state index is 13.1. The van der Waals surface area contributed by atoms with Crippen molar-refractivity contribution < 1.29 is 19.1 Å². The van der Waals surface area contributed by atoms with E-state index in [9.17, 15) is 14.4 Å². The molecule has 0 aromatic heterocycles. The van der Waals surface area contributed by atoms with Crippen molar-refractivity contribution in [1.29, 1.82) is 0 Å². The molecule has 2 aliphatic rings. The number of fused-ring (bicyclic) bond motifs is 1. The molecule has 34 heavy (non-hydrogen) atoms. The van der Waals surface area contributed by atoms with Gasteiger partial charge in [0.1, 0.15) is 5.75 Å². The fraction of sp³-hybridized carbons (Fsp3) is 0.250. The minimum Gasteiger partial charge on any atom is -0.484 e. The van der Waals surface area contributed by atoms with Gasteiger partial charge in [-0.2, -0.15) is 0 Å². The molecule has 1 saturated carbocycles. The van der Waals surface area contributed by atoms with E-state index in [0.29, 0.717) is 23.0 Å². The van der Waals surface area contributed by atoms with Crippen LogP contribution in [0.25, 0.3) is 0 Å². The van der Waals surface area contributed by atoms with Gasteiger partial charge >= 0.3 is 0 Å². The highest BCUT2D eigenvalue weighted by Crippen LogP contribution is 2.34. The number of carbonyl (C=O) groups is 3. The van der Waals surface area contributed by atoms with E-state index in [2.05, 4.69) is 17.4 Å². The van der Waals surface area contributed by atoms with Crippen LogP contribution < -0.4 is 15.0 Å². The van der Waals surface area contributed by atoms with Crippen LogP contribution in [-0.2, 0) is 4.79 Å². The van der Waals surface area contributed by atoms with Gasteiger partial charge in [0.25, 0.3) is 17.7 Å². The van der Waals surface area contributed by atoms with Crippen molar-refractivity contribution in [2.75, 3.05) is 16.8 Å². The lowest BCUT2D eigenvalue weighted by molar-refractivity contribution is -0.118. The highest BCUT2D eigenvalue weighted by molar-refractivity contribution is 6.36. The van der Waals surface area contributed by atoms with Gasteiger partial charge in [-0.25, -0.2) is 4.90 Å². The molecule has 0 unspecified atom stereocenters. The van der Waals surface area contributed by atoms with Crippen molar-refractivity contribution in [3.63, 3.8) is 0 Å². The van der Waals surface area contributed by atoms with Crippen LogP contribution in [0.5, 0.6) is 5.75 Å². The van der Waals surface area contributed by atoms with Crippen molar-refractivity contribution >= 4 is 29.1 Å². The van der Waals surface area contributed by atoms with E-state index < -0.39 is 17.7 Å². The third kappa shape index (κ3) is 4.31. The Hall–Kier alpha value is -3.93. The second-order valence-corrected chi connectivity index (χ2v) is 8.75. The molecule has 1 N–H and O–H groups in total. The van der Waals surface area contributed by atoms with Gasteiger partial charge in [-0.05, 0) is 60.7 Å². The van der Waals surface area contributed by atoms with Crippen molar-refractivity contribution in [1.82, 2.24) is 0 Å². The molecule has 0 atom stereocenters. The van der Waals surface area contributed by atoms with Crippen LogP contribution in [0.1, 0.15) is 64.3 Å². The summed E-state index contributed by atoms with van der Waals surface area (Å²) in [5.74, 6) is -0.0300. The number of nitrogens with zero attached hydrogens (tertiary/aromatic N) is 1. The zero-order chi connectivity index (χ0) is 23.5. The van der Waals surface area contributed by atoms with Gasteiger partial charge in [0.2, 0.25) is 0 Å². The predicted octanol–water partition coefficient (Wildman–Crippen LogP) is 5.55. The number of rotatable bonds is 6. The average Bonchev–Trinajstić information content (AvgIpc) is 3.14. The van der Waals surface area contributed by atoms with Crippen LogP contribution in [0.3, 0.4) is 0 Å². The summed E-state index contributed by atoms with van der Waals surface area (Å²) in [6, 6.07) is 21.6. The minimum absolute atomic E-state index is 0.196. The number of anilines is 2. The summed E-state index contributed by atoms with van der Waals surface area (Å²) in [7, 11) is 0. The monoisotopic (exact) mass is 454 g/mol. The molecule has 0 bridgehead atoms. The fourth-order valence-corrected chi connectivity index (χ4v) is 4.81. The lowest BCUT2D eigenvalue weighted by atomic mass is 9.84. The van der Waals surface area contributed by atoms with Gasteiger partial charge in [0, 0.05) is 0 Å². The Morgan fingerprint density at radius 2 is 1.59 bits per heavy atom. The van der Waals surface area contributed by atoms with Gasteiger partial charge in [-0.3, -0.25) is 14.4 Å². The number of hydrogen-bond acceptors (Lipinski definition) is 4. The second-order valence-electron chi connectivity index (χ2n) is 8.75. The number of carbonyl (C=O) groups excluding carboxylic acids is 3. The minimum atomic E-state index is -0.457.